The first-order valence-electron chi connectivity index (χ1n) is 11.9. The number of amides is 3. The fourth-order valence-electron chi connectivity index (χ4n) is 4.58. The van der Waals surface area contributed by atoms with Crippen molar-refractivity contribution >= 4 is 28.6 Å². The summed E-state index contributed by atoms with van der Waals surface area (Å²) in [6.07, 6.45) is 2.27. The molecule has 35 heavy (non-hydrogen) atoms. The lowest BCUT2D eigenvalue weighted by molar-refractivity contribution is -0.128. The highest BCUT2D eigenvalue weighted by molar-refractivity contribution is 5.94. The number of aromatic amines is 1. The third kappa shape index (κ3) is 6.08. The van der Waals surface area contributed by atoms with Gasteiger partial charge in [0.25, 0.3) is 5.91 Å². The molecule has 1 saturated heterocycles. The average molecular weight is 477 g/mol. The Kier molecular flexibility index (Phi) is 7.51. The number of carbonyl (C=O) groups is 3. The predicted octanol–water partition coefficient (Wildman–Crippen LogP) is 2.78. The number of nitrogens with zero attached hydrogens (tertiary/aromatic N) is 1. The number of aromatic nitrogens is 1. The van der Waals surface area contributed by atoms with Crippen LogP contribution in [0, 0.1) is 0 Å². The van der Waals surface area contributed by atoms with Crippen molar-refractivity contribution < 1.29 is 19.1 Å². The van der Waals surface area contributed by atoms with E-state index in [1.807, 2.05) is 61.3 Å². The molecule has 3 amide bonds. The van der Waals surface area contributed by atoms with Crippen LogP contribution in [-0.4, -0.2) is 58.9 Å². The lowest BCUT2D eigenvalue weighted by Crippen LogP contribution is -2.48. The third-order valence-corrected chi connectivity index (χ3v) is 6.17. The number of rotatable bonds is 7. The van der Waals surface area contributed by atoms with Crippen LogP contribution in [0.25, 0.3) is 10.9 Å². The quantitative estimate of drug-likeness (QED) is 0.488. The average Bonchev–Trinajstić information content (AvgIpc) is 3.24. The van der Waals surface area contributed by atoms with Crippen LogP contribution in [0.4, 0.5) is 0 Å². The largest absolute Gasteiger partial charge is 0.372 e. The Hall–Kier alpha value is -3.65. The number of fused-ring (bicyclic) bond motifs is 1. The molecule has 1 aliphatic heterocycles. The normalized spacial score (nSPS) is 18.8. The van der Waals surface area contributed by atoms with Gasteiger partial charge in [-0.3, -0.25) is 14.4 Å². The summed E-state index contributed by atoms with van der Waals surface area (Å²) in [4.78, 5) is 42.6. The first kappa shape index (κ1) is 24.5. The van der Waals surface area contributed by atoms with Crippen LogP contribution in [0.3, 0.4) is 0 Å². The van der Waals surface area contributed by atoms with E-state index < -0.39 is 6.04 Å². The van der Waals surface area contributed by atoms with Crippen LogP contribution in [0.5, 0.6) is 0 Å². The molecule has 0 bridgehead atoms. The van der Waals surface area contributed by atoms with Gasteiger partial charge in [0, 0.05) is 55.6 Å². The summed E-state index contributed by atoms with van der Waals surface area (Å²) in [5.41, 5.74) is 3.42. The predicted molar refractivity (Wildman–Crippen MR) is 134 cm³/mol. The fourth-order valence-corrected chi connectivity index (χ4v) is 4.58. The number of hydrogen-bond acceptors (Lipinski definition) is 4. The lowest BCUT2D eigenvalue weighted by atomic mass is 10.0. The summed E-state index contributed by atoms with van der Waals surface area (Å²) < 4.78 is 5.71. The van der Waals surface area contributed by atoms with Gasteiger partial charge < -0.3 is 25.3 Å². The van der Waals surface area contributed by atoms with Gasteiger partial charge in [-0.1, -0.05) is 30.3 Å². The molecule has 1 aromatic heterocycles. The first-order valence-corrected chi connectivity index (χ1v) is 11.9. The van der Waals surface area contributed by atoms with Gasteiger partial charge in [-0.25, -0.2) is 0 Å². The SMILES string of the molecule is CC(=O)NC(Cc1c[nH]c2ccccc12)C(=O)NCc1ccc(C(=O)N2CC(C)OC(C)C2)cc1. The van der Waals surface area contributed by atoms with Crippen molar-refractivity contribution in [2.75, 3.05) is 13.1 Å². The Bertz CT molecular complexity index is 1190. The maximum absolute atomic E-state index is 12.9. The molecule has 0 spiro atoms. The second kappa shape index (κ2) is 10.7. The summed E-state index contributed by atoms with van der Waals surface area (Å²) in [6, 6.07) is 14.4. The molecule has 4 rings (SSSR count). The topological polar surface area (TPSA) is 104 Å². The van der Waals surface area contributed by atoms with Gasteiger partial charge in [-0.05, 0) is 43.2 Å². The zero-order valence-electron chi connectivity index (χ0n) is 20.3. The highest BCUT2D eigenvalue weighted by Crippen LogP contribution is 2.19. The van der Waals surface area contributed by atoms with Crippen LogP contribution >= 0.6 is 0 Å². The molecule has 8 nitrogen and oxygen atoms in total. The lowest BCUT2D eigenvalue weighted by Gasteiger charge is -2.35. The van der Waals surface area contributed by atoms with Crippen molar-refractivity contribution in [1.82, 2.24) is 20.5 Å². The fraction of sp³-hybridized carbons (Fsp3) is 0.370. The Balaban J connectivity index is 1.37. The van der Waals surface area contributed by atoms with E-state index in [2.05, 4.69) is 15.6 Å². The molecule has 184 valence electrons. The van der Waals surface area contributed by atoms with Gasteiger partial charge in [0.1, 0.15) is 6.04 Å². The van der Waals surface area contributed by atoms with E-state index in [0.29, 0.717) is 31.6 Å². The molecular weight excluding hydrogens is 444 g/mol. The van der Waals surface area contributed by atoms with Crippen molar-refractivity contribution in [1.29, 1.82) is 0 Å². The molecular formula is C27H32N4O4. The molecule has 2 heterocycles. The second-order valence-electron chi connectivity index (χ2n) is 9.20. The van der Waals surface area contributed by atoms with Crippen molar-refractivity contribution in [3.63, 3.8) is 0 Å². The van der Waals surface area contributed by atoms with Gasteiger partial charge in [-0.2, -0.15) is 0 Å². The minimum atomic E-state index is -0.696. The number of hydrogen-bond donors (Lipinski definition) is 3. The van der Waals surface area contributed by atoms with E-state index in [0.717, 1.165) is 22.0 Å². The van der Waals surface area contributed by atoms with E-state index in [1.54, 1.807) is 12.1 Å². The van der Waals surface area contributed by atoms with Gasteiger partial charge >= 0.3 is 0 Å². The molecule has 3 unspecified atom stereocenters. The summed E-state index contributed by atoms with van der Waals surface area (Å²) in [5, 5.41) is 6.70. The monoisotopic (exact) mass is 476 g/mol. The van der Waals surface area contributed by atoms with Crippen LogP contribution < -0.4 is 10.6 Å². The van der Waals surface area contributed by atoms with E-state index >= 15 is 0 Å². The molecule has 0 saturated carbocycles. The minimum Gasteiger partial charge on any atom is -0.372 e. The Morgan fingerprint density at radius 3 is 2.43 bits per heavy atom. The van der Waals surface area contributed by atoms with E-state index in [9.17, 15) is 14.4 Å². The molecule has 3 aromatic rings. The third-order valence-electron chi connectivity index (χ3n) is 6.17. The maximum Gasteiger partial charge on any atom is 0.254 e. The molecule has 3 N–H and O–H groups in total. The number of morpholine rings is 1. The molecule has 8 heteroatoms. The van der Waals surface area contributed by atoms with Crippen LogP contribution in [0.2, 0.25) is 0 Å². The zero-order valence-corrected chi connectivity index (χ0v) is 20.3. The number of ether oxygens (including phenoxy) is 1. The maximum atomic E-state index is 12.9. The molecule has 1 fully saturated rings. The highest BCUT2D eigenvalue weighted by Gasteiger charge is 2.26. The summed E-state index contributed by atoms with van der Waals surface area (Å²) in [6.45, 7) is 6.77. The second-order valence-corrected chi connectivity index (χ2v) is 9.20. The van der Waals surface area contributed by atoms with Crippen molar-refractivity contribution in [2.45, 2.75) is 52.0 Å². The molecule has 1 aliphatic rings. The Morgan fingerprint density at radius 1 is 1.06 bits per heavy atom. The summed E-state index contributed by atoms with van der Waals surface area (Å²) >= 11 is 0. The minimum absolute atomic E-state index is 0.0120. The van der Waals surface area contributed by atoms with Crippen LogP contribution in [-0.2, 0) is 27.3 Å². The summed E-state index contributed by atoms with van der Waals surface area (Å²) in [5.74, 6) is -0.548. The van der Waals surface area contributed by atoms with Gasteiger partial charge in [0.15, 0.2) is 0 Å². The molecule has 3 atom stereocenters. The van der Waals surface area contributed by atoms with Crippen molar-refractivity contribution in [3.8, 4) is 0 Å². The smallest absolute Gasteiger partial charge is 0.254 e. The van der Waals surface area contributed by atoms with Gasteiger partial charge in [0.05, 0.1) is 12.2 Å². The highest BCUT2D eigenvalue weighted by atomic mass is 16.5. The van der Waals surface area contributed by atoms with Crippen molar-refractivity contribution in [2.24, 2.45) is 0 Å². The molecule has 2 aromatic carbocycles. The van der Waals surface area contributed by atoms with Crippen LogP contribution in [0.1, 0.15) is 42.3 Å². The van der Waals surface area contributed by atoms with E-state index in [-0.39, 0.29) is 29.9 Å². The molecule has 0 radical (unpaired) electrons. The molecule has 0 aliphatic carbocycles. The van der Waals surface area contributed by atoms with Crippen LogP contribution in [0.15, 0.2) is 54.7 Å². The number of para-hydroxylation sites is 1. The first-order chi connectivity index (χ1) is 16.8. The van der Waals surface area contributed by atoms with Gasteiger partial charge in [0.2, 0.25) is 11.8 Å². The number of carbonyl (C=O) groups excluding carboxylic acids is 3. The number of benzene rings is 2. The zero-order chi connectivity index (χ0) is 24.9. The summed E-state index contributed by atoms with van der Waals surface area (Å²) in [7, 11) is 0. The van der Waals surface area contributed by atoms with Crippen molar-refractivity contribution in [3.05, 3.63) is 71.4 Å². The number of nitrogens with one attached hydrogen (secondary N) is 3. The number of H-pyrrole nitrogens is 1. The Morgan fingerprint density at radius 2 is 1.74 bits per heavy atom. The van der Waals surface area contributed by atoms with E-state index in [4.69, 9.17) is 4.74 Å². The standard InChI is InChI=1S/C27H32N4O4/c1-17-15-31(16-18(2)35-17)27(34)21-10-8-20(9-11-21)13-29-26(33)25(30-19(3)32)12-22-14-28-24-7-5-4-6-23(22)24/h4-11,14,17-18,25,28H,12-13,15-16H2,1-3H3,(H,29,33)(H,30,32). The van der Waals surface area contributed by atoms with E-state index in [1.165, 1.54) is 6.92 Å². The Labute approximate surface area is 205 Å². The van der Waals surface area contributed by atoms with Gasteiger partial charge in [-0.15, -0.1) is 0 Å².